The van der Waals surface area contributed by atoms with E-state index in [4.69, 9.17) is 11.5 Å². The molecule has 1 aromatic rings. The zero-order valence-corrected chi connectivity index (χ0v) is 9.74. The molecule has 0 aliphatic carbocycles. The van der Waals surface area contributed by atoms with E-state index in [2.05, 4.69) is 0 Å². The number of hydrogen-bond acceptors (Lipinski definition) is 3. The summed E-state index contributed by atoms with van der Waals surface area (Å²) < 4.78 is 13.7. The van der Waals surface area contributed by atoms with Crippen LogP contribution in [0.4, 0.5) is 15.8 Å². The lowest BCUT2D eigenvalue weighted by Gasteiger charge is -2.23. The molecule has 17 heavy (non-hydrogen) atoms. The Balaban J connectivity index is 2.24. The van der Waals surface area contributed by atoms with Crippen molar-refractivity contribution < 1.29 is 9.18 Å². The first-order chi connectivity index (χ1) is 7.92. The van der Waals surface area contributed by atoms with Crippen LogP contribution in [0.2, 0.25) is 0 Å². The van der Waals surface area contributed by atoms with Crippen molar-refractivity contribution >= 4 is 17.3 Å². The summed E-state index contributed by atoms with van der Waals surface area (Å²) in [6.45, 7) is 2.88. The third kappa shape index (κ3) is 2.05. The van der Waals surface area contributed by atoms with Gasteiger partial charge in [0, 0.05) is 18.8 Å². The molecule has 92 valence electrons. The summed E-state index contributed by atoms with van der Waals surface area (Å²) >= 11 is 0. The average molecular weight is 237 g/mol. The van der Waals surface area contributed by atoms with Gasteiger partial charge in [-0.3, -0.25) is 4.79 Å². The lowest BCUT2D eigenvalue weighted by Crippen LogP contribution is -2.37. The van der Waals surface area contributed by atoms with E-state index in [-0.39, 0.29) is 11.7 Å². The molecular formula is C12H16FN3O. The van der Waals surface area contributed by atoms with E-state index in [1.165, 1.54) is 6.07 Å². The van der Waals surface area contributed by atoms with Gasteiger partial charge in [-0.05, 0) is 31.5 Å². The second-order valence-electron chi connectivity index (χ2n) is 4.81. The van der Waals surface area contributed by atoms with Gasteiger partial charge >= 0.3 is 0 Å². The Labute approximate surface area is 99.4 Å². The quantitative estimate of drug-likeness (QED) is 0.757. The van der Waals surface area contributed by atoms with Crippen molar-refractivity contribution in [2.45, 2.75) is 13.3 Å². The number of halogens is 1. The number of nitrogens with zero attached hydrogens (tertiary/aromatic N) is 1. The van der Waals surface area contributed by atoms with E-state index >= 15 is 0 Å². The standard InChI is InChI=1S/C12H16FN3O/c1-12(11(15)17)4-5-16(7-12)10-3-2-8(14)6-9(10)13/h2-3,6H,4-5,7,14H2,1H3,(H2,15,17). The Bertz CT molecular complexity index is 463. The Morgan fingerprint density at radius 3 is 2.76 bits per heavy atom. The molecule has 0 spiro atoms. The topological polar surface area (TPSA) is 72.4 Å². The molecule has 1 aliphatic heterocycles. The van der Waals surface area contributed by atoms with E-state index in [9.17, 15) is 9.18 Å². The first-order valence-electron chi connectivity index (χ1n) is 5.52. The predicted molar refractivity (Wildman–Crippen MR) is 64.9 cm³/mol. The maximum Gasteiger partial charge on any atom is 0.225 e. The number of carbonyl (C=O) groups is 1. The Kier molecular flexibility index (Phi) is 2.69. The van der Waals surface area contributed by atoms with Gasteiger partial charge in [-0.25, -0.2) is 4.39 Å². The Hall–Kier alpha value is -1.78. The van der Waals surface area contributed by atoms with Gasteiger partial charge in [0.1, 0.15) is 5.82 Å². The maximum absolute atomic E-state index is 13.7. The van der Waals surface area contributed by atoms with Crippen LogP contribution in [-0.4, -0.2) is 19.0 Å². The van der Waals surface area contributed by atoms with Gasteiger partial charge in [0.05, 0.1) is 11.1 Å². The molecule has 4 N–H and O–H groups in total. The summed E-state index contributed by atoms with van der Waals surface area (Å²) in [7, 11) is 0. The highest BCUT2D eigenvalue weighted by atomic mass is 19.1. The summed E-state index contributed by atoms with van der Waals surface area (Å²) in [5, 5.41) is 0. The smallest absolute Gasteiger partial charge is 0.225 e. The fourth-order valence-corrected chi connectivity index (χ4v) is 2.15. The van der Waals surface area contributed by atoms with Crippen molar-refractivity contribution in [2.75, 3.05) is 23.7 Å². The lowest BCUT2D eigenvalue weighted by atomic mass is 9.89. The number of nitrogens with two attached hydrogens (primary N) is 2. The number of nitrogen functional groups attached to an aromatic ring is 1. The number of hydrogen-bond donors (Lipinski definition) is 2. The van der Waals surface area contributed by atoms with Crippen molar-refractivity contribution in [3.63, 3.8) is 0 Å². The summed E-state index contributed by atoms with van der Waals surface area (Å²) in [5.41, 5.74) is 11.1. The van der Waals surface area contributed by atoms with E-state index in [0.29, 0.717) is 30.9 Å². The number of anilines is 2. The summed E-state index contributed by atoms with van der Waals surface area (Å²) in [6, 6.07) is 4.57. The first kappa shape index (κ1) is 11.7. The van der Waals surface area contributed by atoms with Crippen molar-refractivity contribution in [1.82, 2.24) is 0 Å². The molecule has 5 heteroatoms. The van der Waals surface area contributed by atoms with Crippen LogP contribution in [0.5, 0.6) is 0 Å². The highest BCUT2D eigenvalue weighted by molar-refractivity contribution is 5.82. The molecule has 0 radical (unpaired) electrons. The number of carbonyl (C=O) groups excluding carboxylic acids is 1. The monoisotopic (exact) mass is 237 g/mol. The molecule has 1 amide bonds. The van der Waals surface area contributed by atoms with Gasteiger partial charge in [-0.1, -0.05) is 0 Å². The predicted octanol–water partition coefficient (Wildman–Crippen LogP) is 1.11. The molecular weight excluding hydrogens is 221 g/mol. The second-order valence-corrected chi connectivity index (χ2v) is 4.81. The first-order valence-corrected chi connectivity index (χ1v) is 5.52. The molecule has 2 rings (SSSR count). The maximum atomic E-state index is 13.7. The molecule has 1 aromatic carbocycles. The molecule has 1 unspecified atom stereocenters. The van der Waals surface area contributed by atoms with Crippen molar-refractivity contribution in [3.8, 4) is 0 Å². The largest absolute Gasteiger partial charge is 0.399 e. The van der Waals surface area contributed by atoms with Crippen molar-refractivity contribution in [3.05, 3.63) is 24.0 Å². The summed E-state index contributed by atoms with van der Waals surface area (Å²) in [4.78, 5) is 13.2. The number of primary amides is 1. The zero-order chi connectivity index (χ0) is 12.6. The fraction of sp³-hybridized carbons (Fsp3) is 0.417. The van der Waals surface area contributed by atoms with E-state index < -0.39 is 5.41 Å². The molecule has 1 saturated heterocycles. The third-order valence-electron chi connectivity index (χ3n) is 3.38. The zero-order valence-electron chi connectivity index (χ0n) is 9.74. The minimum absolute atomic E-state index is 0.337. The molecule has 0 saturated carbocycles. The van der Waals surface area contributed by atoms with E-state index in [0.717, 1.165) is 0 Å². The van der Waals surface area contributed by atoms with E-state index in [1.807, 2.05) is 11.8 Å². The highest BCUT2D eigenvalue weighted by Gasteiger charge is 2.39. The number of rotatable bonds is 2. The number of benzene rings is 1. The van der Waals surface area contributed by atoms with Crippen LogP contribution in [0.15, 0.2) is 18.2 Å². The minimum atomic E-state index is -0.576. The Morgan fingerprint density at radius 1 is 1.53 bits per heavy atom. The molecule has 4 nitrogen and oxygen atoms in total. The second kappa shape index (κ2) is 3.91. The fourth-order valence-electron chi connectivity index (χ4n) is 2.15. The van der Waals surface area contributed by atoms with Crippen molar-refractivity contribution in [1.29, 1.82) is 0 Å². The molecule has 1 aliphatic rings. The number of amides is 1. The van der Waals surface area contributed by atoms with E-state index in [1.54, 1.807) is 12.1 Å². The summed E-state index contributed by atoms with van der Waals surface area (Å²) in [6.07, 6.45) is 0.645. The minimum Gasteiger partial charge on any atom is -0.399 e. The average Bonchev–Trinajstić information content (AvgIpc) is 2.62. The van der Waals surface area contributed by atoms with Crippen LogP contribution in [0, 0.1) is 11.2 Å². The van der Waals surface area contributed by atoms with Crippen LogP contribution in [0.3, 0.4) is 0 Å². The normalized spacial score (nSPS) is 24.0. The van der Waals surface area contributed by atoms with Crippen LogP contribution in [0.25, 0.3) is 0 Å². The highest BCUT2D eigenvalue weighted by Crippen LogP contribution is 2.34. The SMILES string of the molecule is CC1(C(N)=O)CCN(c2ccc(N)cc2F)C1. The van der Waals surface area contributed by atoms with Gasteiger partial charge in [-0.15, -0.1) is 0 Å². The van der Waals surface area contributed by atoms with Crippen LogP contribution >= 0.6 is 0 Å². The van der Waals surface area contributed by atoms with Crippen LogP contribution in [0.1, 0.15) is 13.3 Å². The molecule has 1 atom stereocenters. The van der Waals surface area contributed by atoms with Gasteiger partial charge < -0.3 is 16.4 Å². The molecule has 0 aromatic heterocycles. The molecule has 1 heterocycles. The Morgan fingerprint density at radius 2 is 2.24 bits per heavy atom. The van der Waals surface area contributed by atoms with Gasteiger partial charge in [0.15, 0.2) is 0 Å². The van der Waals surface area contributed by atoms with Gasteiger partial charge in [-0.2, -0.15) is 0 Å². The third-order valence-corrected chi connectivity index (χ3v) is 3.38. The summed E-state index contributed by atoms with van der Waals surface area (Å²) in [5.74, 6) is -0.699. The molecule has 1 fully saturated rings. The van der Waals surface area contributed by atoms with Gasteiger partial charge in [0.25, 0.3) is 0 Å². The van der Waals surface area contributed by atoms with Gasteiger partial charge in [0.2, 0.25) is 5.91 Å². The molecule has 0 bridgehead atoms. The lowest BCUT2D eigenvalue weighted by molar-refractivity contribution is -0.125. The van der Waals surface area contributed by atoms with Crippen LogP contribution in [-0.2, 0) is 4.79 Å². The van der Waals surface area contributed by atoms with Crippen LogP contribution < -0.4 is 16.4 Å². The van der Waals surface area contributed by atoms with Crippen molar-refractivity contribution in [2.24, 2.45) is 11.1 Å².